The Hall–Kier alpha value is -1.48. The van der Waals surface area contributed by atoms with Gasteiger partial charge in [-0.15, -0.1) is 6.58 Å². The summed E-state index contributed by atoms with van der Waals surface area (Å²) in [6, 6.07) is 3.97. The zero-order valence-electron chi connectivity index (χ0n) is 15.4. The highest BCUT2D eigenvalue weighted by Crippen LogP contribution is 2.65. The highest BCUT2D eigenvalue weighted by atomic mass is 16.5. The van der Waals surface area contributed by atoms with E-state index < -0.39 is 5.60 Å². The first-order valence-electron chi connectivity index (χ1n) is 9.66. The smallest absolute Gasteiger partial charge is 0.160 e. The van der Waals surface area contributed by atoms with E-state index in [9.17, 15) is 10.2 Å². The van der Waals surface area contributed by atoms with E-state index in [0.29, 0.717) is 29.9 Å². The Morgan fingerprint density at radius 1 is 1.28 bits per heavy atom. The maximum Gasteiger partial charge on any atom is 0.160 e. The van der Waals surface area contributed by atoms with Crippen LogP contribution < -0.4 is 4.74 Å². The summed E-state index contributed by atoms with van der Waals surface area (Å²) in [6.07, 6.45) is 8.96. The van der Waals surface area contributed by atoms with Crippen LogP contribution in [0.3, 0.4) is 0 Å². The number of ether oxygens (including phenoxy) is 1. The van der Waals surface area contributed by atoms with Gasteiger partial charge in [0.2, 0.25) is 0 Å². The highest BCUT2D eigenvalue weighted by Gasteiger charge is 2.60. The van der Waals surface area contributed by atoms with Gasteiger partial charge in [0.25, 0.3) is 0 Å². The Kier molecular flexibility index (Phi) is 3.91. The fraction of sp³-hybridized carbons (Fsp3) is 0.636. The molecule has 1 aromatic carbocycles. The van der Waals surface area contributed by atoms with E-state index >= 15 is 0 Å². The molecule has 0 aromatic heterocycles. The van der Waals surface area contributed by atoms with Gasteiger partial charge in [-0.3, -0.25) is 0 Å². The van der Waals surface area contributed by atoms with Gasteiger partial charge < -0.3 is 14.9 Å². The number of phenolic OH excluding ortho intramolecular Hbond substituents is 1. The minimum Gasteiger partial charge on any atom is -0.504 e. The van der Waals surface area contributed by atoms with Crippen LogP contribution in [0.25, 0.3) is 0 Å². The lowest BCUT2D eigenvalue weighted by Crippen LogP contribution is -2.50. The molecule has 136 valence electrons. The zero-order chi connectivity index (χ0) is 17.8. The van der Waals surface area contributed by atoms with Gasteiger partial charge in [-0.05, 0) is 91.4 Å². The topological polar surface area (TPSA) is 49.7 Å². The maximum absolute atomic E-state index is 11.3. The highest BCUT2D eigenvalue weighted by molar-refractivity contribution is 5.49. The number of hydrogen-bond donors (Lipinski definition) is 2. The fourth-order valence-electron chi connectivity index (χ4n) is 6.44. The molecule has 5 atom stereocenters. The summed E-state index contributed by atoms with van der Waals surface area (Å²) in [6.45, 7) is 6.20. The van der Waals surface area contributed by atoms with Crippen LogP contribution in [-0.4, -0.2) is 22.9 Å². The van der Waals surface area contributed by atoms with Gasteiger partial charge in [0.1, 0.15) is 0 Å². The molecule has 0 unspecified atom stereocenters. The summed E-state index contributed by atoms with van der Waals surface area (Å²) < 4.78 is 5.36. The molecule has 4 rings (SSSR count). The molecule has 3 aliphatic rings. The molecular weight excluding hydrogens is 312 g/mol. The number of aryl methyl sites for hydroxylation is 1. The minimum atomic E-state index is -0.586. The summed E-state index contributed by atoms with van der Waals surface area (Å²) in [5, 5.41) is 21.4. The van der Waals surface area contributed by atoms with Gasteiger partial charge in [0, 0.05) is 0 Å². The van der Waals surface area contributed by atoms with E-state index in [1.807, 2.05) is 12.1 Å². The van der Waals surface area contributed by atoms with Gasteiger partial charge >= 0.3 is 0 Å². The van der Waals surface area contributed by atoms with Crippen LogP contribution in [-0.2, 0) is 6.42 Å². The van der Waals surface area contributed by atoms with Crippen molar-refractivity contribution in [3.8, 4) is 11.5 Å². The lowest BCUT2D eigenvalue weighted by molar-refractivity contribution is -0.100. The van der Waals surface area contributed by atoms with E-state index in [4.69, 9.17) is 4.74 Å². The van der Waals surface area contributed by atoms with Crippen molar-refractivity contribution in [2.75, 3.05) is 7.11 Å². The predicted molar refractivity (Wildman–Crippen MR) is 99.0 cm³/mol. The van der Waals surface area contributed by atoms with Crippen molar-refractivity contribution >= 4 is 0 Å². The normalized spacial score (nSPS) is 39.2. The zero-order valence-corrected chi connectivity index (χ0v) is 15.4. The maximum atomic E-state index is 11.3. The minimum absolute atomic E-state index is 0.000859. The number of fused-ring (bicyclic) bond motifs is 5. The fourth-order valence-corrected chi connectivity index (χ4v) is 6.44. The lowest BCUT2D eigenvalue weighted by atomic mass is 9.53. The average molecular weight is 342 g/mol. The molecule has 0 radical (unpaired) electrons. The lowest BCUT2D eigenvalue weighted by Gasteiger charge is -2.53. The molecule has 0 saturated heterocycles. The van der Waals surface area contributed by atoms with Crippen molar-refractivity contribution in [3.05, 3.63) is 35.9 Å². The number of aromatic hydroxyl groups is 1. The molecule has 0 bridgehead atoms. The number of benzene rings is 1. The average Bonchev–Trinajstić information content (AvgIpc) is 2.86. The van der Waals surface area contributed by atoms with Gasteiger partial charge in [-0.1, -0.05) is 13.0 Å². The molecule has 2 fully saturated rings. The number of hydrogen-bond acceptors (Lipinski definition) is 3. The third-order valence-corrected chi connectivity index (χ3v) is 7.83. The Balaban J connectivity index is 1.70. The molecule has 2 saturated carbocycles. The van der Waals surface area contributed by atoms with E-state index in [2.05, 4.69) is 19.6 Å². The molecule has 0 amide bonds. The molecule has 25 heavy (non-hydrogen) atoms. The molecule has 0 spiro atoms. The van der Waals surface area contributed by atoms with E-state index in [1.165, 1.54) is 11.1 Å². The Labute approximate surface area is 150 Å². The first kappa shape index (κ1) is 17.0. The van der Waals surface area contributed by atoms with Crippen LogP contribution in [0.4, 0.5) is 0 Å². The van der Waals surface area contributed by atoms with Crippen molar-refractivity contribution in [1.29, 1.82) is 0 Å². The van der Waals surface area contributed by atoms with Crippen LogP contribution in [0.2, 0.25) is 0 Å². The molecular formula is C22H30O3. The third kappa shape index (κ3) is 2.28. The second-order valence-electron chi connectivity index (χ2n) is 8.66. The summed E-state index contributed by atoms with van der Waals surface area (Å²) in [5.41, 5.74) is 2.06. The van der Waals surface area contributed by atoms with Crippen LogP contribution in [0.5, 0.6) is 11.5 Å². The number of aliphatic hydroxyl groups is 1. The Morgan fingerprint density at radius 3 is 2.80 bits per heavy atom. The van der Waals surface area contributed by atoms with E-state index in [1.54, 1.807) is 7.11 Å². The molecule has 3 heteroatoms. The molecule has 1 aromatic rings. The molecule has 3 nitrogen and oxygen atoms in total. The van der Waals surface area contributed by atoms with Crippen LogP contribution in [0, 0.1) is 17.3 Å². The summed E-state index contributed by atoms with van der Waals surface area (Å²) in [5.74, 6) is 2.56. The van der Waals surface area contributed by atoms with Gasteiger partial charge in [0.15, 0.2) is 11.5 Å². The summed E-state index contributed by atoms with van der Waals surface area (Å²) in [4.78, 5) is 0. The Morgan fingerprint density at radius 2 is 2.08 bits per heavy atom. The molecule has 3 aliphatic carbocycles. The third-order valence-electron chi connectivity index (χ3n) is 7.83. The van der Waals surface area contributed by atoms with Crippen molar-refractivity contribution in [1.82, 2.24) is 0 Å². The van der Waals surface area contributed by atoms with Gasteiger partial charge in [-0.25, -0.2) is 0 Å². The largest absolute Gasteiger partial charge is 0.504 e. The first-order valence-corrected chi connectivity index (χ1v) is 9.66. The van der Waals surface area contributed by atoms with Crippen LogP contribution in [0.1, 0.15) is 62.5 Å². The second-order valence-corrected chi connectivity index (χ2v) is 8.66. The predicted octanol–water partition coefficient (Wildman–Crippen LogP) is 4.56. The van der Waals surface area contributed by atoms with E-state index in [-0.39, 0.29) is 11.2 Å². The van der Waals surface area contributed by atoms with Gasteiger partial charge in [-0.2, -0.15) is 0 Å². The number of rotatable bonds is 3. The molecule has 0 heterocycles. The monoisotopic (exact) mass is 342 g/mol. The van der Waals surface area contributed by atoms with Crippen LogP contribution in [0.15, 0.2) is 24.8 Å². The Bertz CT molecular complexity index is 697. The number of methoxy groups -OCH3 is 1. The second kappa shape index (κ2) is 5.77. The van der Waals surface area contributed by atoms with Crippen molar-refractivity contribution in [2.45, 2.75) is 63.4 Å². The van der Waals surface area contributed by atoms with Crippen molar-refractivity contribution in [3.63, 3.8) is 0 Å². The standard InChI is InChI=1S/C22H30O3/c1-4-9-22(24)11-8-18-16-6-5-14-12-19(23)20(25-3)13-17(14)15(16)7-10-21(18,22)2/h4,12-13,15-16,18,23-24H,1,5-11H2,2-3H3/t15-,16+,18-,21-,22-/m0/s1. The van der Waals surface area contributed by atoms with Crippen molar-refractivity contribution < 1.29 is 14.9 Å². The summed E-state index contributed by atoms with van der Waals surface area (Å²) >= 11 is 0. The molecule has 0 aliphatic heterocycles. The summed E-state index contributed by atoms with van der Waals surface area (Å²) in [7, 11) is 1.62. The van der Waals surface area contributed by atoms with E-state index in [0.717, 1.165) is 38.5 Å². The van der Waals surface area contributed by atoms with Crippen molar-refractivity contribution in [2.24, 2.45) is 17.3 Å². The van der Waals surface area contributed by atoms with Crippen LogP contribution >= 0.6 is 0 Å². The van der Waals surface area contributed by atoms with Gasteiger partial charge in [0.05, 0.1) is 12.7 Å². The quantitative estimate of drug-likeness (QED) is 0.792. The number of phenols is 1. The SMILES string of the molecule is C=CC[C@]1(O)CC[C@H]2[C@@H]3CCc4cc(O)c(OC)cc4[C@H]3CC[C@@]21C. The molecule has 2 N–H and O–H groups in total. The first-order chi connectivity index (χ1) is 11.9.